The molecule has 2 aliphatic carbocycles. The molecular formula is C27H45N5O5. The highest BCUT2D eigenvalue weighted by molar-refractivity contribution is 6.37. The zero-order valence-corrected chi connectivity index (χ0v) is 22.6. The van der Waals surface area contributed by atoms with Crippen molar-refractivity contribution >= 4 is 29.5 Å². The average Bonchev–Trinajstić information content (AvgIpc) is 3.31. The van der Waals surface area contributed by atoms with Gasteiger partial charge in [-0.15, -0.1) is 0 Å². The van der Waals surface area contributed by atoms with Crippen molar-refractivity contribution in [3.63, 3.8) is 0 Å². The van der Waals surface area contributed by atoms with Gasteiger partial charge in [-0.1, -0.05) is 53.7 Å². The summed E-state index contributed by atoms with van der Waals surface area (Å²) >= 11 is 0. The summed E-state index contributed by atoms with van der Waals surface area (Å²) < 4.78 is 49.0. The number of carbonyl (C=O) groups excluding carboxylic acids is 5. The van der Waals surface area contributed by atoms with Crippen LogP contribution < -0.4 is 21.7 Å². The van der Waals surface area contributed by atoms with Gasteiger partial charge in [0.2, 0.25) is 17.6 Å². The number of Topliss-reactive ketones (excluding diaryl/α,β-unsaturated/α-hetero) is 1. The van der Waals surface area contributed by atoms with Gasteiger partial charge in [0.1, 0.15) is 12.1 Å². The second kappa shape index (κ2) is 9.91. The molecule has 10 nitrogen and oxygen atoms in total. The molecule has 5 amide bonds. The van der Waals surface area contributed by atoms with Crippen molar-refractivity contribution in [3.8, 4) is 0 Å². The molecule has 0 radical (unpaired) electrons. The Balaban J connectivity index is 2.02. The van der Waals surface area contributed by atoms with E-state index in [9.17, 15) is 24.0 Å². The number of likely N-dealkylation sites (tertiary alicyclic amines) is 1. The number of fused-ring (bicyclic) bond motifs is 1. The molecule has 37 heavy (non-hydrogen) atoms. The van der Waals surface area contributed by atoms with Crippen LogP contribution in [0.25, 0.3) is 0 Å². The number of nitrogens with two attached hydrogens (primary N) is 1. The summed E-state index contributed by atoms with van der Waals surface area (Å²) in [5.41, 5.74) is 1.48. The molecule has 1 saturated heterocycles. The Bertz CT molecular complexity index is 1140. The number of hydrogen-bond acceptors (Lipinski definition) is 5. The number of hydrogen-bond donors (Lipinski definition) is 4. The van der Waals surface area contributed by atoms with Crippen molar-refractivity contribution in [1.82, 2.24) is 20.9 Å². The first-order valence-corrected chi connectivity index (χ1v) is 12.9. The number of primary amides is 1. The average molecular weight is 526 g/mol. The van der Waals surface area contributed by atoms with E-state index in [-0.39, 0.29) is 18.9 Å². The summed E-state index contributed by atoms with van der Waals surface area (Å²) in [6.07, 6.45) is 2.63. The predicted octanol–water partition coefficient (Wildman–Crippen LogP) is 1.71. The predicted molar refractivity (Wildman–Crippen MR) is 139 cm³/mol. The molecule has 0 aromatic heterocycles. The van der Waals surface area contributed by atoms with Crippen molar-refractivity contribution in [3.05, 3.63) is 0 Å². The van der Waals surface area contributed by atoms with Gasteiger partial charge in [-0.2, -0.15) is 0 Å². The van der Waals surface area contributed by atoms with E-state index in [1.54, 1.807) is 41.5 Å². The molecule has 0 aromatic carbocycles. The molecule has 10 heteroatoms. The van der Waals surface area contributed by atoms with E-state index < -0.39 is 89.6 Å². The Labute approximate surface area is 228 Å². The lowest BCUT2D eigenvalue weighted by Crippen LogP contribution is -2.62. The fraction of sp³-hybridized carbons (Fsp3) is 0.815. The second-order valence-electron chi connectivity index (χ2n) is 12.9. The Morgan fingerprint density at radius 2 is 1.68 bits per heavy atom. The summed E-state index contributed by atoms with van der Waals surface area (Å²) in [5.74, 6) is -6.23. The SMILES string of the molecule is [2H]C([2H])([2H])C1(C([2H])([2H])[2H])[C@@H]2[C@@H](C(=O)N[C@@H](CC3CCC3)C(=O)C(N)=O)N(C(=O)[C@@H](NC(=O)NC(C)(C)C)C(C)(C)C)C[C@@H]21. The third-order valence-electron chi connectivity index (χ3n) is 7.60. The molecular weight excluding hydrogens is 474 g/mol. The van der Waals surface area contributed by atoms with Crippen LogP contribution >= 0.6 is 0 Å². The van der Waals surface area contributed by atoms with Crippen LogP contribution in [0.5, 0.6) is 0 Å². The standard InChI is InChI=1S/C27H45N5O5/c1-25(2,3)20(30-24(37)31-26(4,5)6)23(36)32-13-15-17(27(15,7)8)18(32)22(35)29-16(19(33)21(28)34)12-14-10-9-11-14/h14-18,20H,9-13H2,1-8H3,(H2,28,34)(H,29,35)(H2,30,31,37)/t15-,16-,17-,18-,20+/m0/s1/i7D3,8D3. The molecule has 0 aromatic rings. The van der Waals surface area contributed by atoms with Crippen molar-refractivity contribution < 1.29 is 32.2 Å². The van der Waals surface area contributed by atoms with E-state index >= 15 is 0 Å². The number of nitrogens with one attached hydrogen (secondary N) is 3. The van der Waals surface area contributed by atoms with Gasteiger partial charge in [0.25, 0.3) is 5.91 Å². The molecule has 5 atom stereocenters. The maximum Gasteiger partial charge on any atom is 0.315 e. The van der Waals surface area contributed by atoms with Gasteiger partial charge in [0.05, 0.1) is 6.04 Å². The summed E-state index contributed by atoms with van der Waals surface area (Å²) in [6, 6.07) is -4.72. The molecule has 208 valence electrons. The molecule has 1 heterocycles. The van der Waals surface area contributed by atoms with E-state index in [1.807, 2.05) is 0 Å². The Morgan fingerprint density at radius 3 is 2.14 bits per heavy atom. The zero-order chi connectivity index (χ0) is 33.1. The van der Waals surface area contributed by atoms with Crippen LogP contribution in [0, 0.1) is 28.6 Å². The van der Waals surface area contributed by atoms with Crippen LogP contribution in [-0.4, -0.2) is 64.6 Å². The van der Waals surface area contributed by atoms with E-state index in [2.05, 4.69) is 16.0 Å². The van der Waals surface area contributed by atoms with Gasteiger partial charge in [0, 0.05) is 20.3 Å². The largest absolute Gasteiger partial charge is 0.363 e. The number of ketones is 1. The molecule has 3 rings (SSSR count). The maximum absolute atomic E-state index is 14.1. The first-order chi connectivity index (χ1) is 19.3. The normalized spacial score (nSPS) is 29.4. The van der Waals surface area contributed by atoms with Gasteiger partial charge in [0.15, 0.2) is 0 Å². The van der Waals surface area contributed by atoms with Gasteiger partial charge < -0.3 is 26.6 Å². The molecule has 3 aliphatic rings. The minimum atomic E-state index is -3.00. The van der Waals surface area contributed by atoms with Crippen LogP contribution in [0.4, 0.5) is 4.79 Å². The Hall–Kier alpha value is -2.65. The number of carbonyl (C=O) groups is 5. The van der Waals surface area contributed by atoms with Crippen LogP contribution in [0.1, 0.15) is 89.2 Å². The monoisotopic (exact) mass is 525 g/mol. The van der Waals surface area contributed by atoms with Gasteiger partial charge in [-0.3, -0.25) is 19.2 Å². The molecule has 1 aliphatic heterocycles. The van der Waals surface area contributed by atoms with Crippen molar-refractivity contribution in [2.75, 3.05) is 6.54 Å². The van der Waals surface area contributed by atoms with Crippen LogP contribution in [0.15, 0.2) is 0 Å². The first kappa shape index (κ1) is 21.3. The maximum atomic E-state index is 14.1. The lowest BCUT2D eigenvalue weighted by molar-refractivity contribution is -0.145. The molecule has 0 spiro atoms. The third kappa shape index (κ3) is 6.26. The molecule has 3 fully saturated rings. The third-order valence-corrected chi connectivity index (χ3v) is 7.60. The Kier molecular flexibility index (Phi) is 5.70. The van der Waals surface area contributed by atoms with Gasteiger partial charge in [-0.05, 0) is 55.8 Å². The summed E-state index contributed by atoms with van der Waals surface area (Å²) in [4.78, 5) is 66.5. The summed E-state index contributed by atoms with van der Waals surface area (Å²) in [6.45, 7) is 4.03. The minimum absolute atomic E-state index is 0.0585. The number of piperidine rings is 1. The lowest BCUT2D eigenvalue weighted by Gasteiger charge is -2.38. The molecule has 5 N–H and O–H groups in total. The van der Waals surface area contributed by atoms with Crippen molar-refractivity contribution in [2.24, 2.45) is 34.3 Å². The van der Waals surface area contributed by atoms with Crippen molar-refractivity contribution in [2.45, 2.75) is 105 Å². The van der Waals surface area contributed by atoms with Crippen LogP contribution in [-0.2, 0) is 19.2 Å². The topological polar surface area (TPSA) is 151 Å². The van der Waals surface area contributed by atoms with E-state index in [4.69, 9.17) is 14.0 Å². The molecule has 2 saturated carbocycles. The molecule has 0 unspecified atom stereocenters. The first-order valence-electron chi connectivity index (χ1n) is 15.9. The number of urea groups is 1. The van der Waals surface area contributed by atoms with E-state index in [0.717, 1.165) is 24.2 Å². The zero-order valence-electron chi connectivity index (χ0n) is 28.6. The molecule has 0 bridgehead atoms. The highest BCUT2D eigenvalue weighted by Crippen LogP contribution is 2.65. The minimum Gasteiger partial charge on any atom is -0.363 e. The van der Waals surface area contributed by atoms with E-state index in [1.165, 1.54) is 0 Å². The fourth-order valence-electron chi connectivity index (χ4n) is 5.31. The van der Waals surface area contributed by atoms with Gasteiger partial charge >= 0.3 is 6.03 Å². The number of nitrogens with zero attached hydrogens (tertiary/aromatic N) is 1. The fourth-order valence-corrected chi connectivity index (χ4v) is 5.31. The van der Waals surface area contributed by atoms with Crippen LogP contribution in [0.3, 0.4) is 0 Å². The highest BCUT2D eigenvalue weighted by Gasteiger charge is 2.70. The Morgan fingerprint density at radius 1 is 1.05 bits per heavy atom. The lowest BCUT2D eigenvalue weighted by atomic mass is 9.80. The number of rotatable bonds is 8. The smallest absolute Gasteiger partial charge is 0.315 e. The van der Waals surface area contributed by atoms with Crippen LogP contribution in [0.2, 0.25) is 0 Å². The quantitative estimate of drug-likeness (QED) is 0.356. The number of amides is 5. The summed E-state index contributed by atoms with van der Waals surface area (Å²) in [5, 5.41) is 7.91. The van der Waals surface area contributed by atoms with E-state index in [0.29, 0.717) is 0 Å². The summed E-state index contributed by atoms with van der Waals surface area (Å²) in [7, 11) is 0. The second-order valence-corrected chi connectivity index (χ2v) is 12.9. The van der Waals surface area contributed by atoms with Crippen molar-refractivity contribution in [1.29, 1.82) is 0 Å². The van der Waals surface area contributed by atoms with Gasteiger partial charge in [-0.25, -0.2) is 4.79 Å². The highest BCUT2D eigenvalue weighted by atomic mass is 16.2.